The van der Waals surface area contributed by atoms with Gasteiger partial charge < -0.3 is 4.74 Å². The average molecular weight is 500 g/mol. The molecule has 1 aliphatic heterocycles. The molecule has 1 saturated heterocycles. The number of ether oxygens (including phenoxy) is 1. The zero-order valence-electron chi connectivity index (χ0n) is 17.4. The summed E-state index contributed by atoms with van der Waals surface area (Å²) in [6, 6.07) is 18.8. The highest BCUT2D eigenvalue weighted by Crippen LogP contribution is 2.36. The standard InChI is InChI=1S/C25H19Cl2NO2S2/c1-15-3-8-20(11-16(15)2)28-24(29)23(32-25(28)31)12-17-4-9-21(10-5-17)30-14-18-6-7-19(26)13-22(18)27/h3-13H,14H2,1-2H3/b23-12+. The van der Waals surface area contributed by atoms with E-state index in [4.69, 9.17) is 40.2 Å². The number of anilines is 1. The van der Waals surface area contributed by atoms with E-state index in [2.05, 4.69) is 0 Å². The predicted octanol–water partition coefficient (Wildman–Crippen LogP) is 7.60. The molecule has 7 heteroatoms. The van der Waals surface area contributed by atoms with E-state index in [1.54, 1.807) is 17.0 Å². The number of thioether (sulfide) groups is 1. The van der Waals surface area contributed by atoms with Crippen molar-refractivity contribution >= 4 is 69.2 Å². The van der Waals surface area contributed by atoms with Gasteiger partial charge in [-0.3, -0.25) is 9.69 Å². The lowest BCUT2D eigenvalue weighted by Gasteiger charge is -2.15. The van der Waals surface area contributed by atoms with Crippen LogP contribution in [-0.2, 0) is 11.4 Å². The molecule has 1 heterocycles. The first-order chi connectivity index (χ1) is 15.3. The van der Waals surface area contributed by atoms with Crippen molar-refractivity contribution < 1.29 is 9.53 Å². The Morgan fingerprint density at radius 3 is 2.44 bits per heavy atom. The van der Waals surface area contributed by atoms with Crippen LogP contribution in [0.1, 0.15) is 22.3 Å². The van der Waals surface area contributed by atoms with Crippen molar-refractivity contribution in [2.75, 3.05) is 4.90 Å². The van der Waals surface area contributed by atoms with Gasteiger partial charge in [0.1, 0.15) is 12.4 Å². The summed E-state index contributed by atoms with van der Waals surface area (Å²) in [7, 11) is 0. The monoisotopic (exact) mass is 499 g/mol. The number of carbonyl (C=O) groups excluding carboxylic acids is 1. The number of halogens is 2. The Balaban J connectivity index is 1.46. The Bertz CT molecular complexity index is 1240. The summed E-state index contributed by atoms with van der Waals surface area (Å²) in [5, 5.41) is 1.16. The molecule has 0 N–H and O–H groups in total. The molecular weight excluding hydrogens is 481 g/mol. The van der Waals surface area contributed by atoms with Crippen LogP contribution in [0, 0.1) is 13.8 Å². The van der Waals surface area contributed by atoms with Gasteiger partial charge in [0.2, 0.25) is 0 Å². The van der Waals surface area contributed by atoms with Crippen molar-refractivity contribution in [3.63, 3.8) is 0 Å². The first-order valence-corrected chi connectivity index (χ1v) is 11.8. The van der Waals surface area contributed by atoms with E-state index in [-0.39, 0.29) is 5.91 Å². The van der Waals surface area contributed by atoms with E-state index in [1.165, 1.54) is 17.3 Å². The maximum Gasteiger partial charge on any atom is 0.270 e. The molecule has 0 atom stereocenters. The summed E-state index contributed by atoms with van der Waals surface area (Å²) in [5.74, 6) is 0.594. The summed E-state index contributed by atoms with van der Waals surface area (Å²) in [6.45, 7) is 4.40. The van der Waals surface area contributed by atoms with Gasteiger partial charge in [-0.2, -0.15) is 0 Å². The summed E-state index contributed by atoms with van der Waals surface area (Å²) < 4.78 is 6.35. The van der Waals surface area contributed by atoms with Crippen molar-refractivity contribution in [1.82, 2.24) is 0 Å². The Kier molecular flexibility index (Phi) is 6.91. The highest BCUT2D eigenvalue weighted by atomic mass is 35.5. The molecule has 0 spiro atoms. The fourth-order valence-electron chi connectivity index (χ4n) is 3.17. The van der Waals surface area contributed by atoms with E-state index >= 15 is 0 Å². The Labute approximate surface area is 207 Å². The van der Waals surface area contributed by atoms with Crippen molar-refractivity contribution in [1.29, 1.82) is 0 Å². The maximum absolute atomic E-state index is 13.0. The Morgan fingerprint density at radius 2 is 1.75 bits per heavy atom. The highest BCUT2D eigenvalue weighted by Gasteiger charge is 2.33. The van der Waals surface area contributed by atoms with Crippen LogP contribution >= 0.6 is 47.2 Å². The van der Waals surface area contributed by atoms with Gasteiger partial charge in [-0.05, 0) is 73.0 Å². The third kappa shape index (κ3) is 5.02. The smallest absolute Gasteiger partial charge is 0.270 e. The van der Waals surface area contributed by atoms with E-state index in [9.17, 15) is 4.79 Å². The lowest BCUT2D eigenvalue weighted by molar-refractivity contribution is -0.113. The lowest BCUT2D eigenvalue weighted by Crippen LogP contribution is -2.27. The fraction of sp³-hybridized carbons (Fsp3) is 0.120. The normalized spacial score (nSPS) is 15.0. The number of amides is 1. The molecular formula is C25H19Cl2NO2S2. The molecule has 32 heavy (non-hydrogen) atoms. The molecule has 0 radical (unpaired) electrons. The van der Waals surface area contributed by atoms with Crippen LogP contribution in [0.2, 0.25) is 10.0 Å². The Morgan fingerprint density at radius 1 is 1.00 bits per heavy atom. The molecule has 0 bridgehead atoms. The molecule has 3 nitrogen and oxygen atoms in total. The third-order valence-electron chi connectivity index (χ3n) is 5.13. The second-order valence-electron chi connectivity index (χ2n) is 7.38. The molecule has 1 amide bonds. The minimum Gasteiger partial charge on any atom is -0.489 e. The van der Waals surface area contributed by atoms with Crippen LogP contribution in [0.4, 0.5) is 5.69 Å². The molecule has 0 unspecified atom stereocenters. The predicted molar refractivity (Wildman–Crippen MR) is 139 cm³/mol. The fourth-order valence-corrected chi connectivity index (χ4v) is 4.93. The van der Waals surface area contributed by atoms with Crippen molar-refractivity contribution in [3.8, 4) is 5.75 Å². The van der Waals surface area contributed by atoms with Gasteiger partial charge in [-0.25, -0.2) is 0 Å². The summed E-state index contributed by atoms with van der Waals surface area (Å²) in [5.41, 5.74) is 4.84. The molecule has 0 aromatic heterocycles. The van der Waals surface area contributed by atoms with E-state index in [0.717, 1.165) is 22.4 Å². The van der Waals surface area contributed by atoms with Crippen LogP contribution in [0.15, 0.2) is 65.6 Å². The number of carbonyl (C=O) groups is 1. The molecule has 0 saturated carbocycles. The highest BCUT2D eigenvalue weighted by molar-refractivity contribution is 8.27. The number of thiocarbonyl (C=S) groups is 1. The topological polar surface area (TPSA) is 29.5 Å². The number of nitrogens with zero attached hydrogens (tertiary/aromatic N) is 1. The van der Waals surface area contributed by atoms with Gasteiger partial charge in [-0.15, -0.1) is 0 Å². The summed E-state index contributed by atoms with van der Waals surface area (Å²) in [6.07, 6.45) is 1.85. The summed E-state index contributed by atoms with van der Waals surface area (Å²) >= 11 is 18.9. The van der Waals surface area contributed by atoms with Crippen LogP contribution < -0.4 is 9.64 Å². The van der Waals surface area contributed by atoms with E-state index in [1.807, 2.05) is 68.5 Å². The van der Waals surface area contributed by atoms with Crippen molar-refractivity contribution in [3.05, 3.63) is 97.9 Å². The quantitative estimate of drug-likeness (QED) is 0.267. The zero-order chi connectivity index (χ0) is 22.8. The van der Waals surface area contributed by atoms with E-state index in [0.29, 0.717) is 31.6 Å². The van der Waals surface area contributed by atoms with Crippen molar-refractivity contribution in [2.24, 2.45) is 0 Å². The number of hydrogen-bond acceptors (Lipinski definition) is 4. The second kappa shape index (κ2) is 9.67. The lowest BCUT2D eigenvalue weighted by atomic mass is 10.1. The van der Waals surface area contributed by atoms with Crippen LogP contribution in [-0.4, -0.2) is 10.2 Å². The minimum absolute atomic E-state index is 0.110. The molecule has 1 aliphatic rings. The number of benzene rings is 3. The first kappa shape index (κ1) is 22.9. The van der Waals surface area contributed by atoms with Crippen LogP contribution in [0.3, 0.4) is 0 Å². The molecule has 162 valence electrons. The van der Waals surface area contributed by atoms with Crippen molar-refractivity contribution in [2.45, 2.75) is 20.5 Å². The van der Waals surface area contributed by atoms with Gasteiger partial charge in [-0.1, -0.05) is 71.4 Å². The molecule has 0 aliphatic carbocycles. The zero-order valence-corrected chi connectivity index (χ0v) is 20.5. The molecule has 3 aromatic rings. The largest absolute Gasteiger partial charge is 0.489 e. The molecule has 4 rings (SSSR count). The molecule has 3 aromatic carbocycles. The van der Waals surface area contributed by atoms with Crippen LogP contribution in [0.25, 0.3) is 6.08 Å². The van der Waals surface area contributed by atoms with Gasteiger partial charge >= 0.3 is 0 Å². The van der Waals surface area contributed by atoms with Gasteiger partial charge in [0, 0.05) is 15.6 Å². The third-order valence-corrected chi connectivity index (χ3v) is 7.02. The van der Waals surface area contributed by atoms with Crippen LogP contribution in [0.5, 0.6) is 5.75 Å². The SMILES string of the molecule is Cc1ccc(N2C(=O)/C(=C\c3ccc(OCc4ccc(Cl)cc4Cl)cc3)SC2=S)cc1C. The second-order valence-corrected chi connectivity index (χ2v) is 9.90. The number of hydrogen-bond donors (Lipinski definition) is 0. The first-order valence-electron chi connectivity index (χ1n) is 9.84. The summed E-state index contributed by atoms with van der Waals surface area (Å²) in [4.78, 5) is 15.2. The van der Waals surface area contributed by atoms with Gasteiger partial charge in [0.25, 0.3) is 5.91 Å². The minimum atomic E-state index is -0.110. The van der Waals surface area contributed by atoms with Gasteiger partial charge in [0.15, 0.2) is 4.32 Å². The molecule has 1 fully saturated rings. The average Bonchev–Trinajstić information content (AvgIpc) is 3.03. The number of rotatable bonds is 5. The number of aryl methyl sites for hydroxylation is 2. The van der Waals surface area contributed by atoms with E-state index < -0.39 is 0 Å². The maximum atomic E-state index is 13.0. The Hall–Kier alpha value is -2.31. The van der Waals surface area contributed by atoms with Gasteiger partial charge in [0.05, 0.1) is 10.6 Å².